The van der Waals surface area contributed by atoms with E-state index < -0.39 is 0 Å². The monoisotopic (exact) mass is 396 g/mol. The number of hydrogen-bond donors (Lipinski definition) is 0. The molecule has 0 N–H and O–H groups in total. The van der Waals surface area contributed by atoms with Crippen LogP contribution in [0.2, 0.25) is 0 Å². The summed E-state index contributed by atoms with van der Waals surface area (Å²) in [5.41, 5.74) is 3.26. The molecule has 0 radical (unpaired) electrons. The van der Waals surface area contributed by atoms with E-state index in [1.807, 2.05) is 18.2 Å². The molecule has 0 saturated carbocycles. The Kier molecular flexibility index (Phi) is 5.03. The van der Waals surface area contributed by atoms with Crippen LogP contribution >= 0.6 is 0 Å². The van der Waals surface area contributed by atoms with Gasteiger partial charge in [0.25, 0.3) is 5.56 Å². The predicted molar refractivity (Wildman–Crippen MR) is 120 cm³/mol. The normalized spacial score (nSPS) is 15.0. The largest absolute Gasteiger partial charge is 0.354 e. The lowest BCUT2D eigenvalue weighted by Crippen LogP contribution is -2.48. The van der Waals surface area contributed by atoms with Gasteiger partial charge < -0.3 is 4.90 Å². The Morgan fingerprint density at radius 1 is 0.733 bits per heavy atom. The van der Waals surface area contributed by atoms with Gasteiger partial charge in [-0.1, -0.05) is 66.7 Å². The molecule has 3 heterocycles. The van der Waals surface area contributed by atoms with Crippen LogP contribution in [0.3, 0.4) is 0 Å². The average Bonchev–Trinajstić information content (AvgIpc) is 2.81. The third kappa shape index (κ3) is 3.60. The Labute approximate surface area is 175 Å². The number of aromatic nitrogens is 2. The van der Waals surface area contributed by atoms with Gasteiger partial charge >= 0.3 is 0 Å². The Morgan fingerprint density at radius 2 is 1.33 bits per heavy atom. The minimum absolute atomic E-state index is 0.0375. The second kappa shape index (κ2) is 8.13. The molecule has 0 unspecified atom stereocenters. The van der Waals surface area contributed by atoms with Crippen LogP contribution < -0.4 is 10.5 Å². The van der Waals surface area contributed by atoms with Gasteiger partial charge in [0.15, 0.2) is 0 Å². The molecule has 150 valence electrons. The van der Waals surface area contributed by atoms with Crippen LogP contribution in [0.4, 0.5) is 5.82 Å². The molecule has 1 aliphatic rings. The Morgan fingerprint density at radius 3 is 1.97 bits per heavy atom. The number of rotatable bonds is 4. The lowest BCUT2D eigenvalue weighted by atomic mass is 9.96. The van der Waals surface area contributed by atoms with Gasteiger partial charge in [-0.2, -0.15) is 0 Å². The van der Waals surface area contributed by atoms with Crippen LogP contribution in [0, 0.1) is 0 Å². The van der Waals surface area contributed by atoms with Crippen molar-refractivity contribution in [2.75, 3.05) is 31.1 Å². The molecule has 2 aromatic carbocycles. The average molecular weight is 396 g/mol. The highest BCUT2D eigenvalue weighted by molar-refractivity contribution is 5.48. The number of piperazine rings is 1. The van der Waals surface area contributed by atoms with E-state index in [1.165, 1.54) is 11.1 Å². The summed E-state index contributed by atoms with van der Waals surface area (Å²) in [7, 11) is 0. The standard InChI is InChI=1S/C25H24N4O/c30-24-19-23(26-22-13-7-8-14-29(22)24)27-15-17-28(18-16-27)25(20-9-3-1-4-10-20)21-11-5-2-6-12-21/h1-14,19,25H,15-18H2. The zero-order chi connectivity index (χ0) is 20.3. The number of hydrogen-bond acceptors (Lipinski definition) is 4. The molecular weight excluding hydrogens is 372 g/mol. The summed E-state index contributed by atoms with van der Waals surface area (Å²) < 4.78 is 1.58. The topological polar surface area (TPSA) is 40.9 Å². The second-order valence-electron chi connectivity index (χ2n) is 7.63. The highest BCUT2D eigenvalue weighted by Gasteiger charge is 2.27. The molecule has 0 aliphatic carbocycles. The van der Waals surface area contributed by atoms with E-state index >= 15 is 0 Å². The van der Waals surface area contributed by atoms with Gasteiger partial charge in [0.1, 0.15) is 11.5 Å². The summed E-state index contributed by atoms with van der Waals surface area (Å²) in [6, 6.07) is 28.9. The summed E-state index contributed by atoms with van der Waals surface area (Å²) in [5.74, 6) is 0.766. The second-order valence-corrected chi connectivity index (χ2v) is 7.63. The van der Waals surface area contributed by atoms with Crippen LogP contribution in [0.15, 0.2) is 95.9 Å². The van der Waals surface area contributed by atoms with Crippen molar-refractivity contribution in [2.45, 2.75) is 6.04 Å². The summed E-state index contributed by atoms with van der Waals surface area (Å²) in [4.78, 5) is 21.9. The van der Waals surface area contributed by atoms with E-state index in [0.717, 1.165) is 32.0 Å². The third-order valence-corrected chi connectivity index (χ3v) is 5.79. The first-order valence-corrected chi connectivity index (χ1v) is 10.4. The molecule has 2 aromatic heterocycles. The van der Waals surface area contributed by atoms with Crippen molar-refractivity contribution in [3.8, 4) is 0 Å². The summed E-state index contributed by atoms with van der Waals surface area (Å²) in [5, 5.41) is 0. The van der Waals surface area contributed by atoms with Gasteiger partial charge in [-0.25, -0.2) is 4.98 Å². The van der Waals surface area contributed by atoms with Gasteiger partial charge in [-0.05, 0) is 23.3 Å². The maximum absolute atomic E-state index is 12.5. The molecule has 5 nitrogen and oxygen atoms in total. The first kappa shape index (κ1) is 18.6. The van der Waals surface area contributed by atoms with Gasteiger partial charge in [0.05, 0.1) is 6.04 Å². The quantitative estimate of drug-likeness (QED) is 0.528. The predicted octanol–water partition coefficient (Wildman–Crippen LogP) is 3.61. The van der Waals surface area contributed by atoms with E-state index in [9.17, 15) is 4.79 Å². The lowest BCUT2D eigenvalue weighted by molar-refractivity contribution is 0.212. The minimum Gasteiger partial charge on any atom is -0.354 e. The van der Waals surface area contributed by atoms with E-state index in [1.54, 1.807) is 16.7 Å². The van der Waals surface area contributed by atoms with Crippen LogP contribution in [0.25, 0.3) is 5.65 Å². The number of nitrogens with zero attached hydrogens (tertiary/aromatic N) is 4. The maximum atomic E-state index is 12.5. The van der Waals surface area contributed by atoms with Crippen LogP contribution in [-0.2, 0) is 0 Å². The number of benzene rings is 2. The van der Waals surface area contributed by atoms with E-state index in [2.05, 4.69) is 70.5 Å². The Bertz CT molecular complexity index is 1140. The van der Waals surface area contributed by atoms with Crippen molar-refractivity contribution in [2.24, 2.45) is 0 Å². The molecule has 1 fully saturated rings. The maximum Gasteiger partial charge on any atom is 0.259 e. The number of fused-ring (bicyclic) bond motifs is 1. The van der Waals surface area contributed by atoms with Gasteiger partial charge in [-0.15, -0.1) is 0 Å². The van der Waals surface area contributed by atoms with Crippen LogP contribution in [-0.4, -0.2) is 40.5 Å². The zero-order valence-corrected chi connectivity index (χ0v) is 16.8. The molecule has 4 aromatic rings. The molecule has 1 aliphatic heterocycles. The Hall–Kier alpha value is -3.44. The first-order valence-electron chi connectivity index (χ1n) is 10.4. The van der Waals surface area contributed by atoms with Crippen molar-refractivity contribution < 1.29 is 0 Å². The molecule has 5 heteroatoms. The zero-order valence-electron chi connectivity index (χ0n) is 16.8. The van der Waals surface area contributed by atoms with Crippen molar-refractivity contribution in [3.63, 3.8) is 0 Å². The number of pyridine rings is 1. The van der Waals surface area contributed by atoms with Crippen molar-refractivity contribution in [1.82, 2.24) is 14.3 Å². The highest BCUT2D eigenvalue weighted by Crippen LogP contribution is 2.30. The van der Waals surface area contributed by atoms with Crippen molar-refractivity contribution in [1.29, 1.82) is 0 Å². The fraction of sp³-hybridized carbons (Fsp3) is 0.200. The molecule has 30 heavy (non-hydrogen) atoms. The molecule has 0 spiro atoms. The SMILES string of the molecule is O=c1cc(N2CCN(C(c3ccccc3)c3ccccc3)CC2)nc2ccccn12. The van der Waals surface area contributed by atoms with E-state index in [4.69, 9.17) is 4.98 Å². The summed E-state index contributed by atoms with van der Waals surface area (Å²) in [6.07, 6.45) is 1.76. The molecule has 5 rings (SSSR count). The van der Waals surface area contributed by atoms with Crippen molar-refractivity contribution >= 4 is 11.5 Å². The van der Waals surface area contributed by atoms with Gasteiger partial charge in [0, 0.05) is 38.4 Å². The van der Waals surface area contributed by atoms with Gasteiger partial charge in [0.2, 0.25) is 0 Å². The molecular formula is C25H24N4O. The summed E-state index contributed by atoms with van der Waals surface area (Å²) in [6.45, 7) is 3.49. The highest BCUT2D eigenvalue weighted by atomic mass is 16.1. The molecule has 1 saturated heterocycles. The lowest BCUT2D eigenvalue weighted by Gasteiger charge is -2.40. The fourth-order valence-electron chi connectivity index (χ4n) is 4.30. The van der Waals surface area contributed by atoms with Crippen molar-refractivity contribution in [3.05, 3.63) is 113 Å². The smallest absolute Gasteiger partial charge is 0.259 e. The van der Waals surface area contributed by atoms with Gasteiger partial charge in [-0.3, -0.25) is 14.1 Å². The van der Waals surface area contributed by atoms with E-state index in [-0.39, 0.29) is 11.6 Å². The minimum atomic E-state index is -0.0375. The fourth-order valence-corrected chi connectivity index (χ4v) is 4.30. The molecule has 0 bridgehead atoms. The third-order valence-electron chi connectivity index (χ3n) is 5.79. The van der Waals surface area contributed by atoms with Crippen LogP contribution in [0.5, 0.6) is 0 Å². The van der Waals surface area contributed by atoms with E-state index in [0.29, 0.717) is 5.65 Å². The summed E-state index contributed by atoms with van der Waals surface area (Å²) >= 11 is 0. The molecule has 0 amide bonds. The Balaban J connectivity index is 1.40. The number of anilines is 1. The van der Waals surface area contributed by atoms with Crippen LogP contribution in [0.1, 0.15) is 17.2 Å². The molecule has 0 atom stereocenters. The first-order chi connectivity index (χ1) is 14.8.